The SMILES string of the molecule is CCS(=O)N1CC(CC#N)(n2cc(-c3cn(COCC[Si](C)(C)C)c4ncccc34)cn2)C1. The van der Waals surface area contributed by atoms with Crippen LogP contribution in [0.15, 0.2) is 36.9 Å². The summed E-state index contributed by atoms with van der Waals surface area (Å²) in [6.45, 7) is 11.3. The number of nitrogens with zero attached hydrogens (tertiary/aromatic N) is 6. The van der Waals surface area contributed by atoms with Gasteiger partial charge in [0.05, 0.1) is 29.7 Å². The molecule has 1 saturated heterocycles. The molecule has 0 N–H and O–H groups in total. The highest BCUT2D eigenvalue weighted by atomic mass is 32.2. The Balaban J connectivity index is 1.58. The first-order chi connectivity index (χ1) is 15.8. The Labute approximate surface area is 198 Å². The van der Waals surface area contributed by atoms with Crippen molar-refractivity contribution in [2.45, 2.75) is 51.3 Å². The molecule has 0 aliphatic carbocycles. The Kier molecular flexibility index (Phi) is 6.86. The van der Waals surface area contributed by atoms with Crippen LogP contribution in [0.5, 0.6) is 0 Å². The smallest absolute Gasteiger partial charge is 0.142 e. The number of aromatic nitrogens is 4. The van der Waals surface area contributed by atoms with Gasteiger partial charge in [0.1, 0.15) is 17.9 Å². The number of fused-ring (bicyclic) bond motifs is 1. The van der Waals surface area contributed by atoms with Crippen molar-refractivity contribution in [3.63, 3.8) is 0 Å². The van der Waals surface area contributed by atoms with E-state index in [9.17, 15) is 9.47 Å². The minimum absolute atomic E-state index is 0.333. The van der Waals surface area contributed by atoms with Crippen LogP contribution >= 0.6 is 0 Å². The molecular weight excluding hydrogens is 452 g/mol. The van der Waals surface area contributed by atoms with Gasteiger partial charge in [-0.15, -0.1) is 0 Å². The van der Waals surface area contributed by atoms with Crippen molar-refractivity contribution in [2.75, 3.05) is 25.4 Å². The van der Waals surface area contributed by atoms with Crippen molar-refractivity contribution in [2.24, 2.45) is 0 Å². The van der Waals surface area contributed by atoms with Crippen LogP contribution in [-0.4, -0.2) is 61.4 Å². The number of hydrogen-bond acceptors (Lipinski definition) is 5. The Morgan fingerprint density at radius 1 is 1.30 bits per heavy atom. The molecule has 1 aliphatic heterocycles. The predicted molar refractivity (Wildman–Crippen MR) is 134 cm³/mol. The predicted octanol–water partition coefficient (Wildman–Crippen LogP) is 3.82. The van der Waals surface area contributed by atoms with Crippen LogP contribution in [0.2, 0.25) is 25.7 Å². The first-order valence-electron chi connectivity index (χ1n) is 11.3. The third-order valence-electron chi connectivity index (χ3n) is 6.12. The lowest BCUT2D eigenvalue weighted by atomic mass is 9.89. The Morgan fingerprint density at radius 2 is 2.09 bits per heavy atom. The molecular formula is C23H32N6O2SSi. The maximum absolute atomic E-state index is 12.2. The zero-order valence-electron chi connectivity index (χ0n) is 19.8. The van der Waals surface area contributed by atoms with Crippen molar-refractivity contribution in [1.29, 1.82) is 5.26 Å². The lowest BCUT2D eigenvalue weighted by Crippen LogP contribution is -2.63. The van der Waals surface area contributed by atoms with Crippen LogP contribution in [0, 0.1) is 11.3 Å². The Morgan fingerprint density at radius 3 is 2.79 bits per heavy atom. The maximum atomic E-state index is 12.2. The second-order valence-corrected chi connectivity index (χ2v) is 17.2. The molecule has 0 amide bonds. The zero-order chi connectivity index (χ0) is 23.6. The van der Waals surface area contributed by atoms with Crippen LogP contribution in [0.25, 0.3) is 22.2 Å². The molecule has 4 heterocycles. The van der Waals surface area contributed by atoms with Gasteiger partial charge in [0.2, 0.25) is 0 Å². The molecule has 10 heteroatoms. The summed E-state index contributed by atoms with van der Waals surface area (Å²) >= 11 is 0. The third-order valence-corrected chi connectivity index (χ3v) is 9.16. The second kappa shape index (κ2) is 9.50. The summed E-state index contributed by atoms with van der Waals surface area (Å²) in [5.41, 5.74) is 2.46. The molecule has 0 spiro atoms. The molecule has 1 unspecified atom stereocenters. The molecule has 3 aromatic rings. The zero-order valence-corrected chi connectivity index (χ0v) is 21.6. The third kappa shape index (κ3) is 4.96. The van der Waals surface area contributed by atoms with E-state index in [0.29, 0.717) is 32.0 Å². The number of nitriles is 1. The molecule has 0 aromatic carbocycles. The number of rotatable bonds is 10. The van der Waals surface area contributed by atoms with Crippen molar-refractivity contribution < 1.29 is 8.95 Å². The maximum Gasteiger partial charge on any atom is 0.142 e. The fraction of sp³-hybridized carbons (Fsp3) is 0.522. The largest absolute Gasteiger partial charge is 0.361 e. The molecule has 8 nitrogen and oxygen atoms in total. The molecule has 1 atom stereocenters. The monoisotopic (exact) mass is 484 g/mol. The van der Waals surface area contributed by atoms with Gasteiger partial charge in [-0.3, -0.25) is 4.68 Å². The highest BCUT2D eigenvalue weighted by Crippen LogP contribution is 2.36. The number of hydrogen-bond donors (Lipinski definition) is 0. The molecule has 0 bridgehead atoms. The molecule has 1 fully saturated rings. The van der Waals surface area contributed by atoms with Crippen LogP contribution in [0.3, 0.4) is 0 Å². The van der Waals surface area contributed by atoms with Gasteiger partial charge in [-0.25, -0.2) is 13.5 Å². The summed E-state index contributed by atoms with van der Waals surface area (Å²) in [5.74, 6) is 0.583. The van der Waals surface area contributed by atoms with Gasteiger partial charge < -0.3 is 9.30 Å². The Bertz CT molecular complexity index is 1190. The molecule has 4 rings (SSSR count). The van der Waals surface area contributed by atoms with Gasteiger partial charge >= 0.3 is 0 Å². The molecule has 33 heavy (non-hydrogen) atoms. The van der Waals surface area contributed by atoms with Crippen LogP contribution < -0.4 is 0 Å². The number of pyridine rings is 1. The van der Waals surface area contributed by atoms with Gasteiger partial charge in [-0.2, -0.15) is 10.4 Å². The molecule has 0 saturated carbocycles. The van der Waals surface area contributed by atoms with Crippen molar-refractivity contribution in [1.82, 2.24) is 23.6 Å². The van der Waals surface area contributed by atoms with Gasteiger partial charge in [0, 0.05) is 68.6 Å². The first kappa shape index (κ1) is 23.8. The molecule has 3 aromatic heterocycles. The van der Waals surface area contributed by atoms with Gasteiger partial charge in [-0.1, -0.05) is 26.6 Å². The van der Waals surface area contributed by atoms with Crippen molar-refractivity contribution in [3.05, 3.63) is 36.9 Å². The van der Waals surface area contributed by atoms with E-state index < -0.39 is 24.6 Å². The van der Waals surface area contributed by atoms with E-state index in [2.05, 4.69) is 48.1 Å². The second-order valence-electron chi connectivity index (χ2n) is 9.88. The highest BCUT2D eigenvalue weighted by Gasteiger charge is 2.47. The van der Waals surface area contributed by atoms with Gasteiger partial charge in [-0.05, 0) is 18.2 Å². The topological polar surface area (TPSA) is 89.0 Å². The summed E-state index contributed by atoms with van der Waals surface area (Å²) in [5, 5.41) is 15.1. The standard InChI is InChI=1S/C23H32N6O2SSi/c1-5-32(30)28-16-23(17-28,8-9-24)29-14-19(13-26-29)21-15-27(18-31-11-12-33(2,3)4)22-20(21)7-6-10-25-22/h6-7,10,13-15H,5,8,11-12,16-18H2,1-4H3. The van der Waals surface area contributed by atoms with E-state index in [1.165, 1.54) is 0 Å². The fourth-order valence-corrected chi connectivity index (χ4v) is 6.03. The minimum atomic E-state index is -1.14. The normalized spacial score (nSPS) is 17.1. The summed E-state index contributed by atoms with van der Waals surface area (Å²) in [6, 6.07) is 7.42. The van der Waals surface area contributed by atoms with Crippen molar-refractivity contribution in [3.8, 4) is 17.2 Å². The quantitative estimate of drug-likeness (QED) is 0.322. The fourth-order valence-electron chi connectivity index (χ4n) is 4.14. The summed E-state index contributed by atoms with van der Waals surface area (Å²) in [7, 11) is -2.14. The van der Waals surface area contributed by atoms with E-state index in [1.54, 1.807) is 6.20 Å². The van der Waals surface area contributed by atoms with Crippen LogP contribution in [-0.2, 0) is 28.0 Å². The lowest BCUT2D eigenvalue weighted by molar-refractivity contribution is 0.0765. The van der Waals surface area contributed by atoms with E-state index in [1.807, 2.05) is 38.9 Å². The summed E-state index contributed by atoms with van der Waals surface area (Å²) in [4.78, 5) is 4.59. The van der Waals surface area contributed by atoms with Gasteiger partial charge in [0.15, 0.2) is 0 Å². The molecule has 176 valence electrons. The molecule has 0 radical (unpaired) electrons. The Hall–Kier alpha value is -2.32. The number of ether oxygens (including phenoxy) is 1. The summed E-state index contributed by atoms with van der Waals surface area (Å²) < 4.78 is 24.0. The van der Waals surface area contributed by atoms with Gasteiger partial charge in [0.25, 0.3) is 0 Å². The van der Waals surface area contributed by atoms with E-state index in [0.717, 1.165) is 34.8 Å². The van der Waals surface area contributed by atoms with Crippen molar-refractivity contribution >= 4 is 30.1 Å². The summed E-state index contributed by atoms with van der Waals surface area (Å²) in [6.07, 6.45) is 8.05. The van der Waals surface area contributed by atoms with Crippen LogP contribution in [0.4, 0.5) is 0 Å². The minimum Gasteiger partial charge on any atom is -0.361 e. The van der Waals surface area contributed by atoms with E-state index in [4.69, 9.17) is 4.74 Å². The average Bonchev–Trinajstić information content (AvgIpc) is 3.38. The molecule has 1 aliphatic rings. The average molecular weight is 485 g/mol. The first-order valence-corrected chi connectivity index (χ1v) is 16.3. The van der Waals surface area contributed by atoms with E-state index >= 15 is 0 Å². The van der Waals surface area contributed by atoms with E-state index in [-0.39, 0.29) is 0 Å². The highest BCUT2D eigenvalue weighted by molar-refractivity contribution is 7.82. The lowest BCUT2D eigenvalue weighted by Gasteiger charge is -2.47. The van der Waals surface area contributed by atoms with Crippen LogP contribution in [0.1, 0.15) is 13.3 Å².